The molecule has 1 aliphatic rings. The van der Waals surface area contributed by atoms with E-state index in [-0.39, 0.29) is 13.2 Å². The van der Waals surface area contributed by atoms with E-state index in [0.717, 1.165) is 29.7 Å². The zero-order valence-corrected chi connectivity index (χ0v) is 19.5. The fraction of sp³-hybridized carbons (Fsp3) is 0.318. The van der Waals surface area contributed by atoms with E-state index in [1.807, 2.05) is 0 Å². The van der Waals surface area contributed by atoms with Gasteiger partial charge in [-0.1, -0.05) is 0 Å². The number of aryl methyl sites for hydroxylation is 1. The molecule has 0 spiro atoms. The average Bonchev–Trinajstić information content (AvgIpc) is 3.38. The van der Waals surface area contributed by atoms with Gasteiger partial charge in [0.05, 0.1) is 25.5 Å². The van der Waals surface area contributed by atoms with Gasteiger partial charge in [0.25, 0.3) is 5.91 Å². The molecule has 1 heterocycles. The van der Waals surface area contributed by atoms with Crippen LogP contribution in [0.3, 0.4) is 0 Å². The number of hydrogen-bond acceptors (Lipinski definition) is 9. The summed E-state index contributed by atoms with van der Waals surface area (Å²) in [5, 5.41) is 6.57. The highest BCUT2D eigenvalue weighted by Crippen LogP contribution is 2.39. The van der Waals surface area contributed by atoms with Crippen LogP contribution in [0.15, 0.2) is 23.3 Å². The van der Waals surface area contributed by atoms with Crippen LogP contribution in [0.1, 0.15) is 39.7 Å². The van der Waals surface area contributed by atoms with Crippen molar-refractivity contribution in [3.63, 3.8) is 0 Å². The van der Waals surface area contributed by atoms with Gasteiger partial charge in [0.1, 0.15) is 5.00 Å². The maximum Gasteiger partial charge on any atom is 0.341 e. The summed E-state index contributed by atoms with van der Waals surface area (Å²) in [4.78, 5) is 48.8. The number of hydrazone groups is 1. The van der Waals surface area contributed by atoms with Crippen LogP contribution in [0.2, 0.25) is 0 Å². The van der Waals surface area contributed by atoms with Gasteiger partial charge in [0, 0.05) is 4.88 Å². The van der Waals surface area contributed by atoms with E-state index >= 15 is 0 Å². The number of amides is 3. The molecular formula is C22H24N4O7S. The normalized spacial score (nSPS) is 12.2. The van der Waals surface area contributed by atoms with Gasteiger partial charge in [0.15, 0.2) is 18.1 Å². The molecule has 180 valence electrons. The Hall–Kier alpha value is -3.93. The van der Waals surface area contributed by atoms with Gasteiger partial charge in [-0.25, -0.2) is 10.2 Å². The predicted molar refractivity (Wildman–Crippen MR) is 124 cm³/mol. The first-order valence-electron chi connectivity index (χ1n) is 10.4. The van der Waals surface area contributed by atoms with E-state index in [9.17, 15) is 19.2 Å². The molecule has 3 rings (SSSR count). The highest BCUT2D eigenvalue weighted by atomic mass is 32.1. The number of nitrogens with zero attached hydrogens (tertiary/aromatic N) is 1. The first-order valence-corrected chi connectivity index (χ1v) is 11.2. The van der Waals surface area contributed by atoms with Crippen molar-refractivity contribution in [2.45, 2.75) is 26.2 Å². The van der Waals surface area contributed by atoms with Crippen molar-refractivity contribution in [1.82, 2.24) is 5.43 Å². The quantitative estimate of drug-likeness (QED) is 0.208. The molecule has 3 amide bonds. The molecule has 0 atom stereocenters. The van der Waals surface area contributed by atoms with Crippen LogP contribution in [0.4, 0.5) is 5.00 Å². The maximum absolute atomic E-state index is 12.4. The molecule has 11 nitrogen and oxygen atoms in total. The first kappa shape index (κ1) is 24.7. The highest BCUT2D eigenvalue weighted by molar-refractivity contribution is 7.17. The van der Waals surface area contributed by atoms with Crippen LogP contribution in [0.5, 0.6) is 11.5 Å². The van der Waals surface area contributed by atoms with Crippen LogP contribution >= 0.6 is 11.3 Å². The third-order valence-corrected chi connectivity index (χ3v) is 5.98. The summed E-state index contributed by atoms with van der Waals surface area (Å²) in [6.07, 6.45) is 3.77. The van der Waals surface area contributed by atoms with Gasteiger partial charge in [0.2, 0.25) is 0 Å². The maximum atomic E-state index is 12.4. The summed E-state index contributed by atoms with van der Waals surface area (Å²) >= 11 is 1.27. The smallest absolute Gasteiger partial charge is 0.341 e. The third-order valence-electron chi connectivity index (χ3n) is 4.77. The number of ether oxygens (including phenoxy) is 3. The SMILES string of the molecule is CCOC(=O)c1c(NC(=O)C(=O)N/N=C/c2ccc(OCC(N)=O)c(OC)c2)sc2c1CCC2. The van der Waals surface area contributed by atoms with Crippen molar-refractivity contribution in [3.05, 3.63) is 39.8 Å². The first-order chi connectivity index (χ1) is 16.3. The minimum atomic E-state index is -1.01. The molecule has 1 aromatic heterocycles. The molecule has 0 aliphatic heterocycles. The lowest BCUT2D eigenvalue weighted by atomic mass is 10.1. The standard InChI is InChI=1S/C22H24N4O7S/c1-3-32-22(30)18-13-5-4-6-16(13)34-21(18)25-19(28)20(29)26-24-10-12-7-8-14(15(9-12)31-2)33-11-17(23)27/h7-10H,3-6,11H2,1-2H3,(H2,23,27)(H,25,28)(H,26,29)/b24-10+. The van der Waals surface area contributed by atoms with Gasteiger partial charge >= 0.3 is 17.8 Å². The average molecular weight is 489 g/mol. The Morgan fingerprint density at radius 3 is 2.68 bits per heavy atom. The summed E-state index contributed by atoms with van der Waals surface area (Å²) in [6, 6.07) is 4.71. The molecule has 1 aliphatic carbocycles. The molecule has 4 N–H and O–H groups in total. The number of hydrogen-bond donors (Lipinski definition) is 3. The van der Waals surface area contributed by atoms with Crippen LogP contribution in [-0.4, -0.2) is 50.2 Å². The lowest BCUT2D eigenvalue weighted by Gasteiger charge is -2.09. The van der Waals surface area contributed by atoms with E-state index in [1.165, 1.54) is 24.7 Å². The van der Waals surface area contributed by atoms with Gasteiger partial charge in [-0.3, -0.25) is 14.4 Å². The number of nitrogens with two attached hydrogens (primary N) is 1. The van der Waals surface area contributed by atoms with Crippen molar-refractivity contribution < 1.29 is 33.4 Å². The Kier molecular flexibility index (Phi) is 8.19. The number of benzene rings is 1. The van der Waals surface area contributed by atoms with Crippen molar-refractivity contribution in [3.8, 4) is 11.5 Å². The van der Waals surface area contributed by atoms with Crippen molar-refractivity contribution in [1.29, 1.82) is 0 Å². The Labute approximate surface area is 199 Å². The van der Waals surface area contributed by atoms with Crippen molar-refractivity contribution in [2.24, 2.45) is 10.8 Å². The zero-order valence-electron chi connectivity index (χ0n) is 18.6. The van der Waals surface area contributed by atoms with E-state index < -0.39 is 23.7 Å². The zero-order chi connectivity index (χ0) is 24.7. The van der Waals surface area contributed by atoms with Gasteiger partial charge in [-0.2, -0.15) is 5.10 Å². The number of fused-ring (bicyclic) bond motifs is 1. The van der Waals surface area contributed by atoms with Crippen molar-refractivity contribution >= 4 is 46.2 Å². The number of thiophene rings is 1. The minimum Gasteiger partial charge on any atom is -0.493 e. The highest BCUT2D eigenvalue weighted by Gasteiger charge is 2.29. The van der Waals surface area contributed by atoms with Crippen LogP contribution in [0, 0.1) is 0 Å². The number of nitrogens with one attached hydrogen (secondary N) is 2. The molecule has 0 bridgehead atoms. The van der Waals surface area contributed by atoms with E-state index in [0.29, 0.717) is 27.6 Å². The summed E-state index contributed by atoms with van der Waals surface area (Å²) in [5.41, 5.74) is 8.92. The van der Waals surface area contributed by atoms with E-state index in [2.05, 4.69) is 15.8 Å². The molecule has 0 saturated carbocycles. The number of primary amides is 1. The lowest BCUT2D eigenvalue weighted by molar-refractivity contribution is -0.136. The summed E-state index contributed by atoms with van der Waals surface area (Å²) < 4.78 is 15.6. The van der Waals surface area contributed by atoms with Crippen molar-refractivity contribution in [2.75, 3.05) is 25.6 Å². The number of methoxy groups -OCH3 is 1. The number of anilines is 1. The molecule has 0 saturated heterocycles. The number of esters is 1. The topological polar surface area (TPSA) is 158 Å². The minimum absolute atomic E-state index is 0.203. The monoisotopic (exact) mass is 488 g/mol. The summed E-state index contributed by atoms with van der Waals surface area (Å²) in [5.74, 6) is -2.49. The Balaban J connectivity index is 1.63. The second-order valence-electron chi connectivity index (χ2n) is 7.10. The van der Waals surface area contributed by atoms with E-state index in [1.54, 1.807) is 25.1 Å². The molecule has 2 aromatic rings. The summed E-state index contributed by atoms with van der Waals surface area (Å²) in [6.45, 7) is 1.60. The van der Waals surface area contributed by atoms with Gasteiger partial charge < -0.3 is 25.3 Å². The lowest BCUT2D eigenvalue weighted by Crippen LogP contribution is -2.32. The molecule has 1 aromatic carbocycles. The van der Waals surface area contributed by atoms with Crippen LogP contribution in [-0.2, 0) is 32.0 Å². The second kappa shape index (κ2) is 11.3. The largest absolute Gasteiger partial charge is 0.493 e. The third kappa shape index (κ3) is 5.90. The molecular weight excluding hydrogens is 464 g/mol. The Bertz CT molecular complexity index is 1140. The van der Waals surface area contributed by atoms with Gasteiger partial charge in [-0.05, 0) is 55.5 Å². The molecule has 0 radical (unpaired) electrons. The number of rotatable bonds is 9. The van der Waals surface area contributed by atoms with Gasteiger partial charge in [-0.15, -0.1) is 11.3 Å². The van der Waals surface area contributed by atoms with Crippen LogP contribution in [0.25, 0.3) is 0 Å². The molecule has 34 heavy (non-hydrogen) atoms. The molecule has 12 heteroatoms. The fourth-order valence-corrected chi connectivity index (χ4v) is 4.59. The van der Waals surface area contributed by atoms with E-state index in [4.69, 9.17) is 19.9 Å². The predicted octanol–water partition coefficient (Wildman–Crippen LogP) is 1.37. The second-order valence-corrected chi connectivity index (χ2v) is 8.21. The van der Waals surface area contributed by atoms with Crippen LogP contribution < -0.4 is 25.9 Å². The summed E-state index contributed by atoms with van der Waals surface area (Å²) in [7, 11) is 1.42. The fourth-order valence-electron chi connectivity index (χ4n) is 3.32. The number of carbonyl (C=O) groups is 4. The number of carbonyl (C=O) groups excluding carboxylic acids is 4. The molecule has 0 unspecified atom stereocenters. The Morgan fingerprint density at radius 1 is 1.18 bits per heavy atom. The Morgan fingerprint density at radius 2 is 1.97 bits per heavy atom. The molecule has 0 fully saturated rings.